The Morgan fingerprint density at radius 2 is 1.81 bits per heavy atom. The Kier molecular flexibility index (Phi) is 6.60. The third-order valence-electron chi connectivity index (χ3n) is 5.04. The maximum atomic E-state index is 12.9. The predicted octanol–water partition coefficient (Wildman–Crippen LogP) is 1.47. The molecule has 0 heterocycles. The Labute approximate surface area is 153 Å². The summed E-state index contributed by atoms with van der Waals surface area (Å²) in [5, 5.41) is 15.0. The van der Waals surface area contributed by atoms with E-state index in [4.69, 9.17) is 5.73 Å². The number of carbonyl (C=O) groups excluding carboxylic acids is 2. The Morgan fingerprint density at radius 1 is 1.19 bits per heavy atom. The van der Waals surface area contributed by atoms with Crippen LogP contribution >= 0.6 is 0 Å². The van der Waals surface area contributed by atoms with Gasteiger partial charge in [-0.1, -0.05) is 25.0 Å². The molecule has 5 N–H and O–H groups in total. The second-order valence-corrected chi connectivity index (χ2v) is 7.03. The number of nitrogen functional groups attached to an aromatic ring is 1. The molecule has 142 valence electrons. The number of anilines is 1. The molecule has 7 nitrogen and oxygen atoms in total. The normalized spacial score (nSPS) is 16.7. The first-order valence-corrected chi connectivity index (χ1v) is 8.95. The van der Waals surface area contributed by atoms with Gasteiger partial charge in [0, 0.05) is 25.6 Å². The van der Waals surface area contributed by atoms with Gasteiger partial charge in [-0.05, 0) is 37.0 Å². The van der Waals surface area contributed by atoms with E-state index in [1.165, 1.54) is 6.92 Å². The maximum Gasteiger partial charge on any atom is 0.326 e. The Hall–Kier alpha value is -2.57. The van der Waals surface area contributed by atoms with E-state index in [0.29, 0.717) is 31.5 Å². The van der Waals surface area contributed by atoms with Crippen molar-refractivity contribution in [2.75, 3.05) is 12.3 Å². The van der Waals surface area contributed by atoms with Crippen molar-refractivity contribution in [3.63, 3.8) is 0 Å². The summed E-state index contributed by atoms with van der Waals surface area (Å²) >= 11 is 0. The number of hydrogen-bond donors (Lipinski definition) is 4. The van der Waals surface area contributed by atoms with Gasteiger partial charge in [-0.3, -0.25) is 9.59 Å². The van der Waals surface area contributed by atoms with Gasteiger partial charge in [0.25, 0.3) is 0 Å². The van der Waals surface area contributed by atoms with Crippen molar-refractivity contribution in [3.8, 4) is 0 Å². The van der Waals surface area contributed by atoms with E-state index < -0.39 is 17.4 Å². The molecule has 0 unspecified atom stereocenters. The second-order valence-electron chi connectivity index (χ2n) is 7.03. The number of carboxylic acid groups (broad SMARTS) is 1. The van der Waals surface area contributed by atoms with Crippen molar-refractivity contribution in [1.29, 1.82) is 0 Å². The molecular formula is C19H27N3O4. The van der Waals surface area contributed by atoms with E-state index in [-0.39, 0.29) is 18.2 Å². The first-order chi connectivity index (χ1) is 12.3. The smallest absolute Gasteiger partial charge is 0.326 e. The molecule has 2 rings (SSSR count). The largest absolute Gasteiger partial charge is 0.480 e. The lowest BCUT2D eigenvalue weighted by molar-refractivity contribution is -0.144. The minimum Gasteiger partial charge on any atom is -0.480 e. The molecule has 1 fully saturated rings. The van der Waals surface area contributed by atoms with Crippen LogP contribution in [0.2, 0.25) is 0 Å². The average Bonchev–Trinajstić information content (AvgIpc) is 3.05. The molecule has 1 aliphatic rings. The molecule has 26 heavy (non-hydrogen) atoms. The number of amides is 2. The van der Waals surface area contributed by atoms with Gasteiger partial charge in [0.15, 0.2) is 0 Å². The lowest BCUT2D eigenvalue weighted by atomic mass is 9.81. The molecule has 0 aliphatic heterocycles. The molecule has 0 bridgehead atoms. The van der Waals surface area contributed by atoms with E-state index in [9.17, 15) is 19.5 Å². The lowest BCUT2D eigenvalue weighted by Crippen LogP contribution is -2.49. The van der Waals surface area contributed by atoms with E-state index in [0.717, 1.165) is 18.4 Å². The van der Waals surface area contributed by atoms with Crippen LogP contribution < -0.4 is 16.4 Å². The molecule has 7 heteroatoms. The number of nitrogens with two attached hydrogens (primary N) is 1. The van der Waals surface area contributed by atoms with Gasteiger partial charge in [0.2, 0.25) is 11.8 Å². The summed E-state index contributed by atoms with van der Waals surface area (Å²) in [6, 6.07) is 5.95. The van der Waals surface area contributed by atoms with Gasteiger partial charge in [-0.2, -0.15) is 0 Å². The predicted molar refractivity (Wildman–Crippen MR) is 98.3 cm³/mol. The first-order valence-electron chi connectivity index (χ1n) is 8.95. The molecule has 1 saturated carbocycles. The Balaban J connectivity index is 2.05. The van der Waals surface area contributed by atoms with Crippen molar-refractivity contribution in [2.45, 2.75) is 51.5 Å². The van der Waals surface area contributed by atoms with Gasteiger partial charge >= 0.3 is 5.97 Å². The fourth-order valence-electron chi connectivity index (χ4n) is 3.52. The fourth-order valence-corrected chi connectivity index (χ4v) is 3.52. The summed E-state index contributed by atoms with van der Waals surface area (Å²) in [5.74, 6) is -1.43. The van der Waals surface area contributed by atoms with Crippen LogP contribution in [0.25, 0.3) is 0 Å². The average molecular weight is 361 g/mol. The van der Waals surface area contributed by atoms with E-state index >= 15 is 0 Å². The van der Waals surface area contributed by atoms with Gasteiger partial charge in [-0.25, -0.2) is 4.79 Å². The molecule has 1 atom stereocenters. The van der Waals surface area contributed by atoms with E-state index in [2.05, 4.69) is 10.6 Å². The molecular weight excluding hydrogens is 334 g/mol. The highest BCUT2D eigenvalue weighted by atomic mass is 16.4. The topological polar surface area (TPSA) is 122 Å². The maximum absolute atomic E-state index is 12.9. The molecule has 1 aliphatic carbocycles. The third kappa shape index (κ3) is 5.21. The molecule has 1 aromatic rings. The summed E-state index contributed by atoms with van der Waals surface area (Å²) in [7, 11) is 0. The quantitative estimate of drug-likeness (QED) is 0.522. The van der Waals surface area contributed by atoms with Crippen LogP contribution in [-0.2, 0) is 20.8 Å². The molecule has 0 aromatic heterocycles. The summed E-state index contributed by atoms with van der Waals surface area (Å²) in [6.07, 6.45) is 4.02. The van der Waals surface area contributed by atoms with Crippen LogP contribution in [0.15, 0.2) is 24.3 Å². The van der Waals surface area contributed by atoms with Crippen molar-refractivity contribution < 1.29 is 19.5 Å². The van der Waals surface area contributed by atoms with Crippen LogP contribution in [0.1, 0.15) is 44.6 Å². The molecule has 0 spiro atoms. The lowest BCUT2D eigenvalue weighted by Gasteiger charge is -2.29. The Bertz CT molecular complexity index is 651. The minimum absolute atomic E-state index is 0.134. The van der Waals surface area contributed by atoms with Gasteiger partial charge in [-0.15, -0.1) is 0 Å². The zero-order valence-electron chi connectivity index (χ0n) is 15.1. The third-order valence-corrected chi connectivity index (χ3v) is 5.04. The van der Waals surface area contributed by atoms with E-state index in [1.807, 2.05) is 0 Å². The first kappa shape index (κ1) is 19.8. The number of carboxylic acids is 1. The standard InChI is InChI=1S/C19H27N3O4/c1-13(23)21-11-10-19(8-2-3-9-19)18(26)22-16(17(24)25)12-14-4-6-15(20)7-5-14/h4-7,16H,2-3,8-12,20H2,1H3,(H,21,23)(H,22,26)(H,24,25)/t16-/m0/s1. The number of carbonyl (C=O) groups is 3. The van der Waals surface area contributed by atoms with Gasteiger partial charge in [0.05, 0.1) is 5.41 Å². The SMILES string of the molecule is CC(=O)NCCC1(C(=O)N[C@@H](Cc2ccc(N)cc2)C(=O)O)CCCC1. The van der Waals surface area contributed by atoms with Gasteiger partial charge < -0.3 is 21.5 Å². The van der Waals surface area contributed by atoms with Crippen molar-refractivity contribution >= 4 is 23.5 Å². The monoisotopic (exact) mass is 361 g/mol. The molecule has 0 radical (unpaired) electrons. The van der Waals surface area contributed by atoms with Crippen LogP contribution in [0.5, 0.6) is 0 Å². The summed E-state index contributed by atoms with van der Waals surface area (Å²) < 4.78 is 0. The molecule has 2 amide bonds. The van der Waals surface area contributed by atoms with Crippen LogP contribution in [-0.4, -0.2) is 35.5 Å². The van der Waals surface area contributed by atoms with Crippen LogP contribution in [0.3, 0.4) is 0 Å². The summed E-state index contributed by atoms with van der Waals surface area (Å²) in [6.45, 7) is 1.85. The van der Waals surface area contributed by atoms with Crippen LogP contribution in [0, 0.1) is 5.41 Å². The van der Waals surface area contributed by atoms with Crippen molar-refractivity contribution in [2.24, 2.45) is 5.41 Å². The number of benzene rings is 1. The fraction of sp³-hybridized carbons (Fsp3) is 0.526. The zero-order chi connectivity index (χ0) is 19.2. The number of nitrogens with one attached hydrogen (secondary N) is 2. The molecule has 0 saturated heterocycles. The summed E-state index contributed by atoms with van der Waals surface area (Å²) in [5.41, 5.74) is 6.45. The molecule has 1 aromatic carbocycles. The summed E-state index contributed by atoms with van der Waals surface area (Å²) in [4.78, 5) is 35.6. The number of rotatable bonds is 8. The minimum atomic E-state index is -1.06. The van der Waals surface area contributed by atoms with Crippen molar-refractivity contribution in [1.82, 2.24) is 10.6 Å². The van der Waals surface area contributed by atoms with Crippen LogP contribution in [0.4, 0.5) is 5.69 Å². The highest BCUT2D eigenvalue weighted by Gasteiger charge is 2.41. The highest BCUT2D eigenvalue weighted by Crippen LogP contribution is 2.41. The van der Waals surface area contributed by atoms with E-state index in [1.54, 1.807) is 24.3 Å². The Morgan fingerprint density at radius 3 is 2.35 bits per heavy atom. The number of hydrogen-bond acceptors (Lipinski definition) is 4. The highest BCUT2D eigenvalue weighted by molar-refractivity contribution is 5.88. The number of aliphatic carboxylic acids is 1. The van der Waals surface area contributed by atoms with Crippen molar-refractivity contribution in [3.05, 3.63) is 29.8 Å². The second kappa shape index (κ2) is 8.69. The zero-order valence-corrected chi connectivity index (χ0v) is 15.1. The van der Waals surface area contributed by atoms with Gasteiger partial charge in [0.1, 0.15) is 6.04 Å².